The molecule has 0 radical (unpaired) electrons. The van der Waals surface area contributed by atoms with E-state index in [2.05, 4.69) is 0 Å². The summed E-state index contributed by atoms with van der Waals surface area (Å²) in [6.45, 7) is -0.365. The summed E-state index contributed by atoms with van der Waals surface area (Å²) < 4.78 is 17.4. The summed E-state index contributed by atoms with van der Waals surface area (Å²) in [7, 11) is -1.20. The van der Waals surface area contributed by atoms with Crippen molar-refractivity contribution in [2.24, 2.45) is 0 Å². The monoisotopic (exact) mass is 306 g/mol. The fourth-order valence-electron chi connectivity index (χ4n) is 1.79. The Morgan fingerprint density at radius 2 is 1.62 bits per heavy atom. The zero-order chi connectivity index (χ0) is 15.1. The SMILES string of the molecule is O=[S@@](Cc1ccc(Oc2ccccc2)cc1)C[C@@H](O)CO. The fraction of sp³-hybridized carbons (Fsp3) is 0.250. The Balaban J connectivity index is 1.91. The van der Waals surface area contributed by atoms with Crippen molar-refractivity contribution in [2.45, 2.75) is 11.9 Å². The van der Waals surface area contributed by atoms with Crippen molar-refractivity contribution < 1.29 is 19.2 Å². The molecule has 4 nitrogen and oxygen atoms in total. The van der Waals surface area contributed by atoms with Gasteiger partial charge in [0.1, 0.15) is 11.5 Å². The van der Waals surface area contributed by atoms with E-state index in [1.807, 2.05) is 54.6 Å². The van der Waals surface area contributed by atoms with Crippen LogP contribution < -0.4 is 4.74 Å². The molecule has 0 unspecified atom stereocenters. The molecular formula is C16H18O4S. The van der Waals surface area contributed by atoms with Crippen LogP contribution in [-0.4, -0.2) is 32.9 Å². The molecule has 0 saturated carbocycles. The van der Waals surface area contributed by atoms with E-state index in [4.69, 9.17) is 9.84 Å². The second-order valence-corrected chi connectivity index (χ2v) is 6.15. The molecule has 0 fully saturated rings. The molecule has 2 rings (SSSR count). The standard InChI is InChI=1S/C16H18O4S/c17-10-14(18)12-21(19)11-13-6-8-16(9-7-13)20-15-4-2-1-3-5-15/h1-9,14,17-18H,10-12H2/t14-,21-/m0/s1. The first-order valence-electron chi connectivity index (χ1n) is 6.63. The summed E-state index contributed by atoms with van der Waals surface area (Å²) in [5.74, 6) is 1.91. The molecule has 21 heavy (non-hydrogen) atoms. The molecule has 0 aromatic heterocycles. The number of rotatable bonds is 7. The van der Waals surface area contributed by atoms with Gasteiger partial charge < -0.3 is 14.9 Å². The van der Waals surface area contributed by atoms with Crippen molar-refractivity contribution in [3.63, 3.8) is 0 Å². The van der Waals surface area contributed by atoms with E-state index >= 15 is 0 Å². The molecule has 2 N–H and O–H groups in total. The molecule has 0 heterocycles. The number of benzene rings is 2. The third-order valence-corrected chi connectivity index (χ3v) is 4.23. The molecule has 2 atom stereocenters. The second kappa shape index (κ2) is 7.93. The fourth-order valence-corrected chi connectivity index (χ4v) is 3.01. The lowest BCUT2D eigenvalue weighted by atomic mass is 10.2. The van der Waals surface area contributed by atoms with E-state index in [9.17, 15) is 9.32 Å². The Morgan fingerprint density at radius 3 is 2.24 bits per heavy atom. The molecule has 2 aromatic carbocycles. The van der Waals surface area contributed by atoms with E-state index in [1.54, 1.807) is 0 Å². The van der Waals surface area contributed by atoms with Crippen LogP contribution >= 0.6 is 0 Å². The van der Waals surface area contributed by atoms with E-state index in [0.29, 0.717) is 11.5 Å². The predicted molar refractivity (Wildman–Crippen MR) is 82.8 cm³/mol. The highest BCUT2D eigenvalue weighted by Crippen LogP contribution is 2.21. The first kappa shape index (κ1) is 15.7. The van der Waals surface area contributed by atoms with Crippen molar-refractivity contribution in [1.82, 2.24) is 0 Å². The Hall–Kier alpha value is -1.69. The van der Waals surface area contributed by atoms with Gasteiger partial charge in [-0.3, -0.25) is 4.21 Å². The highest BCUT2D eigenvalue weighted by atomic mass is 32.2. The Kier molecular flexibility index (Phi) is 5.92. The van der Waals surface area contributed by atoms with Gasteiger partial charge in [0, 0.05) is 16.6 Å². The van der Waals surface area contributed by atoms with E-state index in [-0.39, 0.29) is 12.4 Å². The van der Waals surface area contributed by atoms with Crippen LogP contribution in [0, 0.1) is 0 Å². The van der Waals surface area contributed by atoms with Crippen molar-refractivity contribution in [2.75, 3.05) is 12.4 Å². The average molecular weight is 306 g/mol. The van der Waals surface area contributed by atoms with Crippen LogP contribution in [-0.2, 0) is 16.6 Å². The number of aliphatic hydroxyl groups excluding tert-OH is 2. The van der Waals surface area contributed by atoms with Crippen LogP contribution in [0.3, 0.4) is 0 Å². The Labute approximate surface area is 126 Å². The summed E-state index contributed by atoms with van der Waals surface area (Å²) in [5, 5.41) is 18.0. The minimum Gasteiger partial charge on any atom is -0.457 e. The van der Waals surface area contributed by atoms with Gasteiger partial charge in [-0.05, 0) is 29.8 Å². The number of para-hydroxylation sites is 1. The maximum absolute atomic E-state index is 11.8. The number of hydrogen-bond donors (Lipinski definition) is 2. The molecule has 0 aliphatic heterocycles. The zero-order valence-electron chi connectivity index (χ0n) is 11.5. The van der Waals surface area contributed by atoms with Crippen LogP contribution in [0.2, 0.25) is 0 Å². The molecule has 0 amide bonds. The third-order valence-electron chi connectivity index (χ3n) is 2.82. The van der Waals surface area contributed by atoms with Gasteiger partial charge in [0.2, 0.25) is 0 Å². The minimum atomic E-state index is -1.20. The molecular weight excluding hydrogens is 288 g/mol. The maximum Gasteiger partial charge on any atom is 0.127 e. The molecule has 112 valence electrons. The second-order valence-electron chi connectivity index (χ2n) is 4.65. The van der Waals surface area contributed by atoms with Gasteiger partial charge in [-0.2, -0.15) is 0 Å². The van der Waals surface area contributed by atoms with Crippen molar-refractivity contribution >= 4 is 10.8 Å². The lowest BCUT2D eigenvalue weighted by Crippen LogP contribution is -2.21. The van der Waals surface area contributed by atoms with Crippen molar-refractivity contribution in [3.05, 3.63) is 60.2 Å². The highest BCUT2D eigenvalue weighted by molar-refractivity contribution is 7.84. The summed E-state index contributed by atoms with van der Waals surface area (Å²) in [6.07, 6.45) is -0.925. The van der Waals surface area contributed by atoms with Crippen LogP contribution in [0.1, 0.15) is 5.56 Å². The van der Waals surface area contributed by atoms with Crippen LogP contribution in [0.5, 0.6) is 11.5 Å². The molecule has 0 spiro atoms. The highest BCUT2D eigenvalue weighted by Gasteiger charge is 2.09. The Morgan fingerprint density at radius 1 is 1.00 bits per heavy atom. The summed E-state index contributed by atoms with van der Waals surface area (Å²) in [6, 6.07) is 16.8. The van der Waals surface area contributed by atoms with Gasteiger partial charge in [-0.25, -0.2) is 0 Å². The van der Waals surface area contributed by atoms with E-state index in [1.165, 1.54) is 0 Å². The molecule has 2 aromatic rings. The quantitative estimate of drug-likeness (QED) is 0.822. The normalized spacial score (nSPS) is 13.6. The summed E-state index contributed by atoms with van der Waals surface area (Å²) in [4.78, 5) is 0. The lowest BCUT2D eigenvalue weighted by Gasteiger charge is -2.08. The smallest absolute Gasteiger partial charge is 0.127 e. The topological polar surface area (TPSA) is 66.8 Å². The van der Waals surface area contributed by atoms with Gasteiger partial charge in [0.05, 0.1) is 18.5 Å². The van der Waals surface area contributed by atoms with Crippen molar-refractivity contribution in [1.29, 1.82) is 0 Å². The van der Waals surface area contributed by atoms with Gasteiger partial charge in [-0.15, -0.1) is 0 Å². The van der Waals surface area contributed by atoms with Gasteiger partial charge in [0.15, 0.2) is 0 Å². The van der Waals surface area contributed by atoms with Gasteiger partial charge in [0.25, 0.3) is 0 Å². The first-order chi connectivity index (χ1) is 10.2. The minimum absolute atomic E-state index is 0.0821. The third kappa shape index (κ3) is 5.30. The molecule has 0 bridgehead atoms. The largest absolute Gasteiger partial charge is 0.457 e. The lowest BCUT2D eigenvalue weighted by molar-refractivity contribution is 0.113. The van der Waals surface area contributed by atoms with E-state index < -0.39 is 16.9 Å². The molecule has 0 aliphatic rings. The zero-order valence-corrected chi connectivity index (χ0v) is 12.3. The van der Waals surface area contributed by atoms with Crippen molar-refractivity contribution in [3.8, 4) is 11.5 Å². The van der Waals surface area contributed by atoms with Gasteiger partial charge in [-0.1, -0.05) is 30.3 Å². The predicted octanol–water partition coefficient (Wildman–Crippen LogP) is 2.08. The average Bonchev–Trinajstić information content (AvgIpc) is 2.50. The molecule has 5 heteroatoms. The van der Waals surface area contributed by atoms with Crippen LogP contribution in [0.25, 0.3) is 0 Å². The molecule has 0 saturated heterocycles. The summed E-state index contributed by atoms with van der Waals surface area (Å²) in [5.41, 5.74) is 0.902. The van der Waals surface area contributed by atoms with E-state index in [0.717, 1.165) is 11.3 Å². The maximum atomic E-state index is 11.8. The van der Waals surface area contributed by atoms with Crippen LogP contribution in [0.4, 0.5) is 0 Å². The van der Waals surface area contributed by atoms with Crippen LogP contribution in [0.15, 0.2) is 54.6 Å². The number of hydrogen-bond acceptors (Lipinski definition) is 4. The number of ether oxygens (including phenoxy) is 1. The Bertz CT molecular complexity index is 569. The molecule has 0 aliphatic carbocycles. The number of aliphatic hydroxyl groups is 2. The summed E-state index contributed by atoms with van der Waals surface area (Å²) >= 11 is 0. The first-order valence-corrected chi connectivity index (χ1v) is 8.12. The van der Waals surface area contributed by atoms with Gasteiger partial charge >= 0.3 is 0 Å².